The number of hydrogen-bond donors (Lipinski definition) is 3. The molecule has 674 valence electrons. The van der Waals surface area contributed by atoms with Crippen molar-refractivity contribution < 1.29 is 107 Å². The maximum Gasteiger partial charge on any atom is 0.586 e. The van der Waals surface area contributed by atoms with Crippen molar-refractivity contribution in [3.05, 3.63) is 247 Å². The number of pyridine rings is 3. The molecular formula is C89H83BBrF6N9O18S5. The molecule has 9 heterocycles. The molecule has 0 aliphatic carbocycles. The van der Waals surface area contributed by atoms with E-state index in [0.717, 1.165) is 30.0 Å². The average molecular weight is 1930 g/mol. The molecule has 0 bridgehead atoms. The lowest BCUT2D eigenvalue weighted by Gasteiger charge is -2.31. The summed E-state index contributed by atoms with van der Waals surface area (Å²) in [6, 6.07) is 49.9. The van der Waals surface area contributed by atoms with Crippen LogP contribution in [0.1, 0.15) is 73.4 Å². The highest BCUT2D eigenvalue weighted by atomic mass is 79.9. The second kappa shape index (κ2) is 34.0. The van der Waals surface area contributed by atoms with Gasteiger partial charge in [-0.15, -0.1) is 26.3 Å². The van der Waals surface area contributed by atoms with Crippen LogP contribution in [-0.2, 0) is 50.1 Å². The summed E-state index contributed by atoms with van der Waals surface area (Å²) >= 11 is 3.35. The van der Waals surface area contributed by atoms with Gasteiger partial charge >= 0.3 is 26.0 Å². The third kappa shape index (κ3) is 19.2. The maximum absolute atomic E-state index is 13.8. The van der Waals surface area contributed by atoms with Crippen LogP contribution in [0.25, 0.3) is 88.7 Å². The minimum Gasteiger partial charge on any atom is -0.423 e. The molecule has 0 radical (unpaired) electrons. The Hall–Kier alpha value is -11.7. The molecule has 0 atom stereocenters. The summed E-state index contributed by atoms with van der Waals surface area (Å²) in [4.78, 5) is 16.8. The van der Waals surface area contributed by atoms with E-state index in [-0.39, 0.29) is 75.7 Å². The molecule has 8 aromatic carbocycles. The van der Waals surface area contributed by atoms with Gasteiger partial charge in [0.25, 0.3) is 20.0 Å². The number of H-pyrrole nitrogens is 1. The van der Waals surface area contributed by atoms with Gasteiger partial charge in [-0.05, 0) is 241 Å². The summed E-state index contributed by atoms with van der Waals surface area (Å²) in [5.41, 5.74) is 6.57. The monoisotopic (exact) mass is 1930 g/mol. The molecule has 0 saturated carbocycles. The second-order valence-corrected chi connectivity index (χ2v) is 43.6. The predicted molar refractivity (Wildman–Crippen MR) is 477 cm³/mol. The summed E-state index contributed by atoms with van der Waals surface area (Å²) in [6.07, 6.45) is -2.11. The number of fused-ring (bicyclic) bond motifs is 6. The molecule has 3 aliphatic heterocycles. The Morgan fingerprint density at radius 3 is 1.11 bits per heavy atom. The Morgan fingerprint density at radius 1 is 0.380 bits per heavy atom. The van der Waals surface area contributed by atoms with E-state index in [9.17, 15) is 68.4 Å². The maximum atomic E-state index is 13.8. The van der Waals surface area contributed by atoms with Crippen LogP contribution in [0, 0.1) is 13.8 Å². The van der Waals surface area contributed by atoms with Gasteiger partial charge in [0.15, 0.2) is 45.8 Å². The number of alkyl halides is 6. The summed E-state index contributed by atoms with van der Waals surface area (Å²) in [5.74, 6) is -0.666. The van der Waals surface area contributed by atoms with E-state index >= 15 is 0 Å². The molecular weight excluding hydrogens is 1850 g/mol. The van der Waals surface area contributed by atoms with Gasteiger partial charge in [-0.1, -0.05) is 90.0 Å². The summed E-state index contributed by atoms with van der Waals surface area (Å²) in [5, 5.41) is 19.8. The van der Waals surface area contributed by atoms with Crippen LogP contribution in [0.3, 0.4) is 0 Å². The first-order chi connectivity index (χ1) is 60.0. The molecule has 0 amide bonds. The fourth-order valence-corrected chi connectivity index (χ4v) is 21.3. The van der Waals surface area contributed by atoms with Crippen molar-refractivity contribution >= 4 is 112 Å². The average Bonchev–Trinajstić information content (AvgIpc) is 1.59. The second-order valence-electron chi connectivity index (χ2n) is 33.2. The fourth-order valence-electron chi connectivity index (χ4n) is 13.6. The molecule has 3 N–H and O–H groups in total. The molecule has 40 heteroatoms. The quantitative estimate of drug-likeness (QED) is 0.0597. The number of halogens is 7. The number of aromatic nitrogens is 6. The predicted octanol–water partition coefficient (Wildman–Crippen LogP) is 17.4. The molecule has 6 aromatic heterocycles. The molecule has 14 aromatic rings. The Labute approximate surface area is 748 Å². The van der Waals surface area contributed by atoms with E-state index in [0.29, 0.717) is 71.0 Å². The Bertz CT molecular complexity index is 7380. The minimum absolute atomic E-state index is 0.0318. The first kappa shape index (κ1) is 93.5. The van der Waals surface area contributed by atoms with E-state index in [2.05, 4.69) is 64.3 Å². The highest BCUT2D eigenvalue weighted by molar-refractivity contribution is 9.10. The highest BCUT2D eigenvalue weighted by Crippen LogP contribution is 2.49. The summed E-state index contributed by atoms with van der Waals surface area (Å²) in [7, 11) is -16.4. The van der Waals surface area contributed by atoms with Crippen LogP contribution in [0.15, 0.2) is 260 Å². The first-order valence-electron chi connectivity index (χ1n) is 39.2. The Morgan fingerprint density at radius 2 is 0.721 bits per heavy atom. The van der Waals surface area contributed by atoms with Crippen molar-refractivity contribution in [2.45, 2.75) is 136 Å². The molecule has 0 spiro atoms. The number of nitrogens with one attached hydrogen (secondary N) is 1. The van der Waals surface area contributed by atoms with Crippen LogP contribution < -0.4 is 33.9 Å². The SMILES string of the molecule is CN(C(C)(C)C)S(=O)(=O)c1cccc(-c2cnc3[nH]cc(-c4ccc5c(c4)OC(F)(F)O5)c3c2)c1.CN(C(C)(C)C)S(=O)(=O)c1cccc(B(O)O)c1.Cc1ccc(S(=O)(=O)n2cc(-c3ccc4c(c3)OC(F)(F)O4)c3cc(-c4cccc(S(=O)(=O)N(C)C(C)(C)C)c4)cnc32)cc1.Cc1ccc(S(=O)(=O)n2cc(-c3ccc4c(c3)OC(F)(F)O4)c3cc(Br)cnc32)cc1. The van der Waals surface area contributed by atoms with Crippen molar-refractivity contribution in [1.29, 1.82) is 0 Å². The summed E-state index contributed by atoms with van der Waals surface area (Å²) in [6.45, 7) is 19.9. The molecule has 3 aliphatic rings. The number of ether oxygens (including phenoxy) is 6. The van der Waals surface area contributed by atoms with Crippen molar-refractivity contribution in [2.75, 3.05) is 21.1 Å². The molecule has 129 heavy (non-hydrogen) atoms. The molecule has 0 saturated heterocycles. The van der Waals surface area contributed by atoms with E-state index < -0.39 is 92.7 Å². The lowest BCUT2D eigenvalue weighted by Crippen LogP contribution is -2.42. The lowest BCUT2D eigenvalue weighted by molar-refractivity contribution is -0.287. The van der Waals surface area contributed by atoms with Gasteiger partial charge in [-0.2, -0.15) is 12.9 Å². The first-order valence-corrected chi connectivity index (χ1v) is 47.2. The number of rotatable bonds is 16. The smallest absolute Gasteiger partial charge is 0.423 e. The summed E-state index contributed by atoms with van der Waals surface area (Å²) < 4.78 is 247. The van der Waals surface area contributed by atoms with Crippen LogP contribution in [0.4, 0.5) is 26.3 Å². The molecule has 0 unspecified atom stereocenters. The van der Waals surface area contributed by atoms with Gasteiger partial charge in [0.1, 0.15) is 5.65 Å². The topological polar surface area (TPSA) is 341 Å². The van der Waals surface area contributed by atoms with Gasteiger partial charge in [-0.3, -0.25) is 0 Å². The van der Waals surface area contributed by atoms with E-state index in [1.165, 1.54) is 155 Å². The van der Waals surface area contributed by atoms with Crippen LogP contribution in [0.2, 0.25) is 0 Å². The third-order valence-electron chi connectivity index (χ3n) is 21.3. The zero-order chi connectivity index (χ0) is 93.8. The lowest BCUT2D eigenvalue weighted by atomic mass is 9.80. The van der Waals surface area contributed by atoms with Gasteiger partial charge in [0.05, 0.1) is 24.5 Å². The van der Waals surface area contributed by atoms with Crippen molar-refractivity contribution in [2.24, 2.45) is 0 Å². The van der Waals surface area contributed by atoms with Gasteiger partial charge in [0, 0.05) is 123 Å². The van der Waals surface area contributed by atoms with Gasteiger partial charge in [-0.25, -0.2) is 65.0 Å². The van der Waals surface area contributed by atoms with Crippen molar-refractivity contribution in [3.63, 3.8) is 0 Å². The van der Waals surface area contributed by atoms with Crippen LogP contribution >= 0.6 is 15.9 Å². The highest BCUT2D eigenvalue weighted by Gasteiger charge is 2.47. The molecule has 27 nitrogen and oxygen atoms in total. The number of benzene rings is 8. The molecule has 17 rings (SSSR count). The Balaban J connectivity index is 0.000000145. The number of hydrogen-bond acceptors (Lipinski definition) is 21. The van der Waals surface area contributed by atoms with Gasteiger partial charge in [0.2, 0.25) is 30.1 Å². The largest absolute Gasteiger partial charge is 0.586 e. The van der Waals surface area contributed by atoms with Crippen molar-refractivity contribution in [1.82, 2.24) is 40.8 Å². The number of sulfonamides is 3. The van der Waals surface area contributed by atoms with E-state index in [4.69, 9.17) is 10.0 Å². The van der Waals surface area contributed by atoms with Crippen LogP contribution in [-0.4, -0.2) is 157 Å². The zero-order valence-electron chi connectivity index (χ0n) is 71.2. The zero-order valence-corrected chi connectivity index (χ0v) is 76.9. The minimum atomic E-state index is -4.13. The van der Waals surface area contributed by atoms with Gasteiger partial charge < -0.3 is 43.5 Å². The number of nitrogens with zero attached hydrogens (tertiary/aromatic N) is 8. The van der Waals surface area contributed by atoms with Crippen LogP contribution in [0.5, 0.6) is 34.5 Å². The molecule has 0 fully saturated rings. The van der Waals surface area contributed by atoms with Crippen molar-refractivity contribution in [3.8, 4) is 90.1 Å². The normalized spacial score (nSPS) is 14.6. The Kier molecular flexibility index (Phi) is 24.6. The number of aryl methyl sites for hydroxylation is 2. The number of aromatic amines is 1. The standard InChI is InChI=1S/C32H29F2N3O6S2.C25H23F2N3O4S.C21H13BrF2N2O4S.C11H18BNO4S/c1-20-9-12-24(13-10-20)45(40,41)37-19-27(22-11-14-28-29(17-22)43-32(33,34)42-28)26-16-23(18-35-30(26)37)21-7-6-8-25(15-21)44(38,39)36(5)31(2,3)4;1-24(2,3)30(4)35(31,32)18-7-5-6-15(10-18)17-11-19-20(14-29-23(19)28-13-17)16-8-9-21-22(12-16)34-25(26,27)33-21;1-12-2-5-15(6-3-12)31(27,28)26-11-17(16-9-14(22)10-25-20(16)26)13-4-7-18-19(8-13)30-21(23,24)29-18;1-11(2,3)13(4)18(16,17)10-7-5-6-9(8-10)12(14)15/h6-19H,1-5H3;5-14H,1-4H3,(H,28,29);2-11H,1H3;5-8,14-15H,1-4H3. The van der Waals surface area contributed by atoms with E-state index in [1.807, 2.05) is 46.8 Å². The fraction of sp³-hybridized carbons (Fsp3) is 0.225. The van der Waals surface area contributed by atoms with E-state index in [1.54, 1.807) is 140 Å². The third-order valence-corrected chi connectivity index (χ3v) is 31.4.